The Balaban J connectivity index is 1.35. The second-order valence-electron chi connectivity index (χ2n) is 8.09. The standard InChI is InChI=1S/C25H24N2O5S2/c1-30-19-9-8-15(11-20(19)31-2)18-13-17(22-7-4-10-33-22)26-27(18)24(28)14-32-25(29)23-12-16-5-3-6-21(16)34-23/h4,7-12,18H,3,5-6,13-14H2,1-2H3. The van der Waals surface area contributed by atoms with Crippen molar-refractivity contribution in [3.8, 4) is 11.5 Å². The van der Waals surface area contributed by atoms with E-state index < -0.39 is 5.97 Å². The Labute approximate surface area is 205 Å². The third-order valence-electron chi connectivity index (χ3n) is 6.04. The first-order valence-corrected chi connectivity index (χ1v) is 12.7. The molecule has 0 saturated heterocycles. The highest BCUT2D eigenvalue weighted by Gasteiger charge is 2.34. The van der Waals surface area contributed by atoms with E-state index in [2.05, 4.69) is 5.10 Å². The number of nitrogens with zero attached hydrogens (tertiary/aromatic N) is 2. The van der Waals surface area contributed by atoms with Gasteiger partial charge in [-0.3, -0.25) is 4.79 Å². The SMILES string of the molecule is COc1ccc(C2CC(c3cccs3)=NN2C(=O)COC(=O)c2cc3c(s2)CCC3)cc1OC. The zero-order valence-corrected chi connectivity index (χ0v) is 20.5. The molecule has 1 unspecified atom stereocenters. The highest BCUT2D eigenvalue weighted by Crippen LogP contribution is 2.38. The summed E-state index contributed by atoms with van der Waals surface area (Å²) in [4.78, 5) is 28.6. The summed E-state index contributed by atoms with van der Waals surface area (Å²) in [6.07, 6.45) is 3.69. The fourth-order valence-electron chi connectivity index (χ4n) is 4.35. The molecular weight excluding hydrogens is 472 g/mol. The van der Waals surface area contributed by atoms with E-state index in [1.807, 2.05) is 41.8 Å². The lowest BCUT2D eigenvalue weighted by molar-refractivity contribution is -0.136. The van der Waals surface area contributed by atoms with Crippen LogP contribution in [0, 0.1) is 0 Å². The summed E-state index contributed by atoms with van der Waals surface area (Å²) >= 11 is 3.04. The number of aryl methyl sites for hydroxylation is 2. The minimum atomic E-state index is -0.461. The number of ether oxygens (including phenoxy) is 3. The second kappa shape index (κ2) is 9.60. The fraction of sp³-hybridized carbons (Fsp3) is 0.320. The van der Waals surface area contributed by atoms with Gasteiger partial charge in [-0.1, -0.05) is 12.1 Å². The largest absolute Gasteiger partial charge is 0.493 e. The molecule has 2 aliphatic rings. The maximum Gasteiger partial charge on any atom is 0.348 e. The lowest BCUT2D eigenvalue weighted by atomic mass is 10.0. The Bertz CT molecular complexity index is 1230. The molecule has 5 rings (SSSR count). The Morgan fingerprint density at radius 1 is 1.12 bits per heavy atom. The molecule has 0 N–H and O–H groups in total. The Kier molecular flexibility index (Phi) is 6.38. The minimum absolute atomic E-state index is 0.339. The van der Waals surface area contributed by atoms with E-state index in [-0.39, 0.29) is 18.6 Å². The van der Waals surface area contributed by atoms with Gasteiger partial charge in [-0.2, -0.15) is 5.10 Å². The van der Waals surface area contributed by atoms with Crippen molar-refractivity contribution in [1.82, 2.24) is 5.01 Å². The van der Waals surface area contributed by atoms with Crippen LogP contribution >= 0.6 is 22.7 Å². The number of benzene rings is 1. The van der Waals surface area contributed by atoms with Gasteiger partial charge in [-0.15, -0.1) is 22.7 Å². The maximum absolute atomic E-state index is 13.2. The normalized spacial score (nSPS) is 16.8. The van der Waals surface area contributed by atoms with Crippen molar-refractivity contribution >= 4 is 40.3 Å². The molecule has 0 saturated carbocycles. The molecule has 0 spiro atoms. The average Bonchev–Trinajstić information content (AvgIpc) is 3.64. The molecule has 1 aliphatic carbocycles. The van der Waals surface area contributed by atoms with Crippen LogP contribution in [0.1, 0.15) is 49.4 Å². The van der Waals surface area contributed by atoms with Crippen molar-refractivity contribution in [1.29, 1.82) is 0 Å². The number of carbonyl (C=O) groups is 2. The van der Waals surface area contributed by atoms with E-state index >= 15 is 0 Å². The molecule has 0 bridgehead atoms. The molecule has 1 amide bonds. The van der Waals surface area contributed by atoms with Gasteiger partial charge in [0, 0.05) is 11.3 Å². The van der Waals surface area contributed by atoms with Crippen LogP contribution in [0.3, 0.4) is 0 Å². The predicted octanol–water partition coefficient (Wildman–Crippen LogP) is 4.85. The van der Waals surface area contributed by atoms with Crippen molar-refractivity contribution in [2.45, 2.75) is 31.7 Å². The summed E-state index contributed by atoms with van der Waals surface area (Å²) < 4.78 is 16.2. The number of esters is 1. The number of carbonyl (C=O) groups excluding carboxylic acids is 2. The molecule has 1 aromatic carbocycles. The van der Waals surface area contributed by atoms with Gasteiger partial charge in [0.05, 0.1) is 30.9 Å². The topological polar surface area (TPSA) is 77.4 Å². The van der Waals surface area contributed by atoms with Crippen LogP contribution < -0.4 is 9.47 Å². The lowest BCUT2D eigenvalue weighted by Gasteiger charge is -2.22. The number of hydrazone groups is 1. The molecular formula is C25H24N2O5S2. The number of rotatable bonds is 7. The molecule has 3 heterocycles. The highest BCUT2D eigenvalue weighted by molar-refractivity contribution is 7.14. The van der Waals surface area contributed by atoms with Crippen LogP contribution in [-0.4, -0.2) is 43.4 Å². The van der Waals surface area contributed by atoms with Crippen molar-refractivity contribution < 1.29 is 23.8 Å². The van der Waals surface area contributed by atoms with Crippen LogP contribution in [0.4, 0.5) is 0 Å². The van der Waals surface area contributed by atoms with Gasteiger partial charge in [0.25, 0.3) is 5.91 Å². The molecule has 2 aromatic heterocycles. The molecule has 176 valence electrons. The minimum Gasteiger partial charge on any atom is -0.493 e. The summed E-state index contributed by atoms with van der Waals surface area (Å²) in [5, 5.41) is 8.04. The summed E-state index contributed by atoms with van der Waals surface area (Å²) in [6, 6.07) is 11.1. The highest BCUT2D eigenvalue weighted by atomic mass is 32.1. The first-order valence-electron chi connectivity index (χ1n) is 11.0. The van der Waals surface area contributed by atoms with E-state index in [0.29, 0.717) is 22.8 Å². The zero-order valence-electron chi connectivity index (χ0n) is 18.9. The van der Waals surface area contributed by atoms with Crippen LogP contribution in [0.15, 0.2) is 46.9 Å². The average molecular weight is 497 g/mol. The van der Waals surface area contributed by atoms with E-state index in [1.165, 1.54) is 26.8 Å². The summed E-state index contributed by atoms with van der Waals surface area (Å²) in [6.45, 7) is -0.369. The zero-order chi connectivity index (χ0) is 23.7. The molecule has 3 aromatic rings. The van der Waals surface area contributed by atoms with E-state index in [9.17, 15) is 9.59 Å². The van der Waals surface area contributed by atoms with E-state index in [4.69, 9.17) is 14.2 Å². The number of fused-ring (bicyclic) bond motifs is 1. The van der Waals surface area contributed by atoms with E-state index in [1.54, 1.807) is 25.6 Å². The number of amides is 1. The van der Waals surface area contributed by atoms with Gasteiger partial charge in [0.1, 0.15) is 4.88 Å². The number of hydrogen-bond donors (Lipinski definition) is 0. The van der Waals surface area contributed by atoms with Gasteiger partial charge < -0.3 is 14.2 Å². The molecule has 9 heteroatoms. The van der Waals surface area contributed by atoms with Crippen LogP contribution in [0.25, 0.3) is 0 Å². The Hall–Kier alpha value is -3.17. The van der Waals surface area contributed by atoms with Gasteiger partial charge >= 0.3 is 5.97 Å². The maximum atomic E-state index is 13.2. The Morgan fingerprint density at radius 2 is 1.97 bits per heavy atom. The van der Waals surface area contributed by atoms with Gasteiger partial charge in [0.15, 0.2) is 18.1 Å². The molecule has 34 heavy (non-hydrogen) atoms. The summed E-state index contributed by atoms with van der Waals surface area (Å²) in [5.41, 5.74) is 2.91. The summed E-state index contributed by atoms with van der Waals surface area (Å²) in [5.74, 6) is 0.355. The van der Waals surface area contributed by atoms with E-state index in [0.717, 1.165) is 35.4 Å². The van der Waals surface area contributed by atoms with Crippen molar-refractivity contribution in [3.05, 3.63) is 67.5 Å². The van der Waals surface area contributed by atoms with Crippen LogP contribution in [0.2, 0.25) is 0 Å². The lowest BCUT2D eigenvalue weighted by Crippen LogP contribution is -2.31. The van der Waals surface area contributed by atoms with Gasteiger partial charge in [-0.05, 0) is 60.0 Å². The molecule has 0 fully saturated rings. The van der Waals surface area contributed by atoms with Crippen molar-refractivity contribution in [2.24, 2.45) is 5.10 Å². The smallest absolute Gasteiger partial charge is 0.348 e. The van der Waals surface area contributed by atoms with Gasteiger partial charge in [0.2, 0.25) is 0 Å². The fourth-order valence-corrected chi connectivity index (χ4v) is 6.21. The van der Waals surface area contributed by atoms with Crippen LogP contribution in [-0.2, 0) is 22.4 Å². The third kappa shape index (κ3) is 4.33. The molecule has 7 nitrogen and oxygen atoms in total. The van der Waals surface area contributed by atoms with Crippen molar-refractivity contribution in [3.63, 3.8) is 0 Å². The second-order valence-corrected chi connectivity index (χ2v) is 10.2. The third-order valence-corrected chi connectivity index (χ3v) is 8.17. The molecule has 1 atom stereocenters. The molecule has 0 radical (unpaired) electrons. The molecule has 1 aliphatic heterocycles. The van der Waals surface area contributed by atoms with Crippen molar-refractivity contribution in [2.75, 3.05) is 20.8 Å². The van der Waals surface area contributed by atoms with Gasteiger partial charge in [-0.25, -0.2) is 9.80 Å². The first kappa shape index (κ1) is 22.6. The number of thiophene rings is 2. The quantitative estimate of drug-likeness (QED) is 0.437. The predicted molar refractivity (Wildman–Crippen MR) is 131 cm³/mol. The number of methoxy groups -OCH3 is 2. The van der Waals surface area contributed by atoms with Crippen LogP contribution in [0.5, 0.6) is 11.5 Å². The monoisotopic (exact) mass is 496 g/mol. The number of hydrogen-bond acceptors (Lipinski definition) is 8. The first-order chi connectivity index (χ1) is 16.6. The summed E-state index contributed by atoms with van der Waals surface area (Å²) in [7, 11) is 3.16. The Morgan fingerprint density at radius 3 is 2.71 bits per heavy atom.